The van der Waals surface area contributed by atoms with Crippen LogP contribution < -0.4 is 4.74 Å². The third-order valence-electron chi connectivity index (χ3n) is 6.92. The number of piperidine rings is 1. The fraction of sp³-hybridized carbons (Fsp3) is 0.448. The van der Waals surface area contributed by atoms with Crippen LogP contribution in [0.25, 0.3) is 10.9 Å². The van der Waals surface area contributed by atoms with Gasteiger partial charge in [0.1, 0.15) is 11.4 Å². The van der Waals surface area contributed by atoms with Crippen LogP contribution in [-0.2, 0) is 11.3 Å². The number of methoxy groups -OCH3 is 1. The van der Waals surface area contributed by atoms with Crippen molar-refractivity contribution in [2.45, 2.75) is 65.6 Å². The Labute approximate surface area is 212 Å². The summed E-state index contributed by atoms with van der Waals surface area (Å²) in [4.78, 5) is 26.7. The van der Waals surface area contributed by atoms with Crippen molar-refractivity contribution in [2.24, 2.45) is 5.92 Å². The van der Waals surface area contributed by atoms with E-state index in [9.17, 15) is 14.7 Å². The van der Waals surface area contributed by atoms with Crippen molar-refractivity contribution in [1.82, 2.24) is 9.47 Å². The third-order valence-corrected chi connectivity index (χ3v) is 6.92. The van der Waals surface area contributed by atoms with E-state index in [4.69, 9.17) is 9.47 Å². The van der Waals surface area contributed by atoms with Crippen molar-refractivity contribution in [3.63, 3.8) is 0 Å². The fourth-order valence-electron chi connectivity index (χ4n) is 5.15. The zero-order chi connectivity index (χ0) is 26.2. The van der Waals surface area contributed by atoms with Crippen molar-refractivity contribution < 1.29 is 24.2 Å². The molecule has 1 aromatic heterocycles. The monoisotopic (exact) mass is 492 g/mol. The quantitative estimate of drug-likeness (QED) is 0.443. The largest absolute Gasteiger partial charge is 0.496 e. The van der Waals surface area contributed by atoms with Crippen molar-refractivity contribution in [3.05, 3.63) is 64.8 Å². The number of carbonyl (C=O) groups is 2. The second-order valence-corrected chi connectivity index (χ2v) is 10.8. The Balaban J connectivity index is 1.73. The second kappa shape index (κ2) is 9.97. The number of aryl methyl sites for hydroxylation is 1. The molecule has 0 amide bonds. The number of benzene rings is 2. The number of fused-ring (bicyclic) bond motifs is 1. The predicted molar refractivity (Wildman–Crippen MR) is 140 cm³/mol. The van der Waals surface area contributed by atoms with Gasteiger partial charge in [-0.05, 0) is 88.4 Å². The lowest BCUT2D eigenvalue weighted by atomic mass is 9.87. The van der Waals surface area contributed by atoms with Gasteiger partial charge in [0.25, 0.3) is 0 Å². The van der Waals surface area contributed by atoms with Crippen molar-refractivity contribution >= 4 is 23.0 Å². The number of aromatic nitrogens is 1. The Morgan fingerprint density at radius 1 is 1.14 bits per heavy atom. The van der Waals surface area contributed by atoms with E-state index in [0.29, 0.717) is 18.0 Å². The van der Waals surface area contributed by atoms with Crippen LogP contribution >= 0.6 is 0 Å². The van der Waals surface area contributed by atoms with Gasteiger partial charge in [-0.15, -0.1) is 0 Å². The van der Waals surface area contributed by atoms with Gasteiger partial charge in [0, 0.05) is 29.7 Å². The minimum Gasteiger partial charge on any atom is -0.496 e. The molecule has 0 aliphatic carbocycles. The van der Waals surface area contributed by atoms with Gasteiger partial charge < -0.3 is 14.6 Å². The van der Waals surface area contributed by atoms with E-state index in [2.05, 4.69) is 11.8 Å². The molecule has 2 heterocycles. The number of hydrogen-bond acceptors (Lipinski definition) is 5. The number of ether oxygens (including phenoxy) is 2. The highest BCUT2D eigenvalue weighted by atomic mass is 16.6. The van der Waals surface area contributed by atoms with E-state index in [1.54, 1.807) is 30.0 Å². The number of aromatic carboxylic acids is 1. The molecule has 1 saturated heterocycles. The van der Waals surface area contributed by atoms with Crippen LogP contribution in [0.4, 0.5) is 4.79 Å². The molecule has 36 heavy (non-hydrogen) atoms. The number of likely N-dealkylation sites (tertiary alicyclic amines) is 1. The summed E-state index contributed by atoms with van der Waals surface area (Å²) < 4.78 is 13.0. The Bertz CT molecular complexity index is 1270. The molecule has 0 radical (unpaired) electrons. The van der Waals surface area contributed by atoms with Crippen LogP contribution in [0.5, 0.6) is 5.75 Å². The first-order valence-corrected chi connectivity index (χ1v) is 12.5. The zero-order valence-corrected chi connectivity index (χ0v) is 22.0. The molecule has 7 heteroatoms. The molecule has 1 fully saturated rings. The maximum atomic E-state index is 12.9. The number of carboxylic acids is 1. The number of rotatable bonds is 5. The molecular weight excluding hydrogens is 456 g/mol. The molecular formula is C29H36N2O5. The van der Waals surface area contributed by atoms with Gasteiger partial charge in [0.05, 0.1) is 18.2 Å². The lowest BCUT2D eigenvalue weighted by Gasteiger charge is -2.39. The molecule has 2 unspecified atom stereocenters. The maximum Gasteiger partial charge on any atom is 0.419 e. The van der Waals surface area contributed by atoms with Gasteiger partial charge in [0.2, 0.25) is 0 Å². The maximum absolute atomic E-state index is 12.9. The number of carbonyl (C=O) groups excluding carboxylic acids is 1. The van der Waals surface area contributed by atoms with Crippen molar-refractivity contribution in [3.8, 4) is 5.75 Å². The van der Waals surface area contributed by atoms with Crippen molar-refractivity contribution in [2.75, 3.05) is 13.7 Å². The molecule has 0 spiro atoms. The highest BCUT2D eigenvalue weighted by molar-refractivity contribution is 5.95. The highest BCUT2D eigenvalue weighted by Crippen LogP contribution is 2.39. The summed E-state index contributed by atoms with van der Waals surface area (Å²) in [5, 5.41) is 10.3. The Morgan fingerprint density at radius 2 is 1.83 bits per heavy atom. The molecule has 1 aliphatic rings. The summed E-state index contributed by atoms with van der Waals surface area (Å²) >= 11 is 0. The van der Waals surface area contributed by atoms with Gasteiger partial charge >= 0.3 is 12.1 Å². The topological polar surface area (TPSA) is 81.0 Å². The van der Waals surface area contributed by atoms with Gasteiger partial charge in [-0.1, -0.05) is 19.1 Å². The summed E-state index contributed by atoms with van der Waals surface area (Å²) in [5.41, 5.74) is 3.61. The molecule has 2 aromatic carbocycles. The molecule has 2 atom stereocenters. The molecule has 3 aromatic rings. The predicted octanol–water partition coefficient (Wildman–Crippen LogP) is 6.41. The van der Waals surface area contributed by atoms with Crippen LogP contribution in [0.1, 0.15) is 73.6 Å². The SMILES string of the molecule is COc1cc(C)c2c(ccn2C(=O)OC(C)(C)C)c1CN1CCC(C)CC1c1ccc(C(=O)O)cc1. The lowest BCUT2D eigenvalue weighted by molar-refractivity contribution is 0.0543. The average molecular weight is 493 g/mol. The lowest BCUT2D eigenvalue weighted by Crippen LogP contribution is -2.36. The molecule has 0 bridgehead atoms. The van der Waals surface area contributed by atoms with Gasteiger partial charge in [-0.25, -0.2) is 9.59 Å². The van der Waals surface area contributed by atoms with Crippen LogP contribution in [0.15, 0.2) is 42.6 Å². The summed E-state index contributed by atoms with van der Waals surface area (Å²) in [6, 6.07) is 11.3. The van der Waals surface area contributed by atoms with E-state index < -0.39 is 17.7 Å². The van der Waals surface area contributed by atoms with E-state index in [0.717, 1.165) is 52.7 Å². The Hall–Kier alpha value is -3.32. The van der Waals surface area contributed by atoms with E-state index in [-0.39, 0.29) is 6.04 Å². The standard InChI is InChI=1S/C29H36N2O5/c1-18-11-13-30(24(15-18)20-7-9-21(10-8-20)27(32)33)17-23-22-12-14-31(28(34)36-29(3,4)5)26(22)19(2)16-25(23)35-6/h7-10,12,14,16,18,24H,11,13,15,17H2,1-6H3,(H,32,33). The smallest absolute Gasteiger partial charge is 0.419 e. The second-order valence-electron chi connectivity index (χ2n) is 10.8. The molecule has 0 saturated carbocycles. The molecule has 4 rings (SSSR count). The number of carboxylic acid groups (broad SMARTS) is 1. The van der Waals surface area contributed by atoms with Crippen LogP contribution in [-0.4, -0.2) is 45.9 Å². The summed E-state index contributed by atoms with van der Waals surface area (Å²) in [6.45, 7) is 11.4. The number of hydrogen-bond donors (Lipinski definition) is 1. The average Bonchev–Trinajstić information content (AvgIpc) is 3.27. The Kier molecular flexibility index (Phi) is 7.14. The number of nitrogens with zero attached hydrogens (tertiary/aromatic N) is 2. The third kappa shape index (κ3) is 5.26. The van der Waals surface area contributed by atoms with Crippen molar-refractivity contribution in [1.29, 1.82) is 0 Å². The molecule has 7 nitrogen and oxygen atoms in total. The van der Waals surface area contributed by atoms with E-state index >= 15 is 0 Å². The first-order chi connectivity index (χ1) is 17.0. The molecule has 192 valence electrons. The van der Waals surface area contributed by atoms with Gasteiger partial charge in [-0.3, -0.25) is 9.47 Å². The summed E-state index contributed by atoms with van der Waals surface area (Å²) in [6.07, 6.45) is 3.44. The Morgan fingerprint density at radius 3 is 2.44 bits per heavy atom. The molecule has 1 aliphatic heterocycles. The fourth-order valence-corrected chi connectivity index (χ4v) is 5.15. The minimum atomic E-state index is -0.920. The van der Waals surface area contributed by atoms with E-state index in [1.807, 2.05) is 52.0 Å². The first kappa shape index (κ1) is 25.8. The van der Waals surface area contributed by atoms with E-state index in [1.165, 1.54) is 0 Å². The summed E-state index contributed by atoms with van der Waals surface area (Å²) in [7, 11) is 1.68. The zero-order valence-electron chi connectivity index (χ0n) is 22.0. The minimum absolute atomic E-state index is 0.158. The first-order valence-electron chi connectivity index (χ1n) is 12.5. The highest BCUT2D eigenvalue weighted by Gasteiger charge is 2.30. The molecule has 1 N–H and O–H groups in total. The van der Waals surface area contributed by atoms with Gasteiger partial charge in [0.15, 0.2) is 0 Å². The normalized spacial score (nSPS) is 18.8. The van der Waals surface area contributed by atoms with Crippen LogP contribution in [0.2, 0.25) is 0 Å². The van der Waals surface area contributed by atoms with Gasteiger partial charge in [-0.2, -0.15) is 0 Å². The summed E-state index contributed by atoms with van der Waals surface area (Å²) in [5.74, 6) is 0.441. The van der Waals surface area contributed by atoms with Crippen LogP contribution in [0.3, 0.4) is 0 Å². The van der Waals surface area contributed by atoms with Crippen LogP contribution in [0, 0.1) is 12.8 Å².